The number of nitrogens with zero attached hydrogens (tertiary/aromatic N) is 1. The summed E-state index contributed by atoms with van der Waals surface area (Å²) in [5, 5.41) is 2.39. The highest BCUT2D eigenvalue weighted by atomic mass is 35.5. The summed E-state index contributed by atoms with van der Waals surface area (Å²) >= 11 is 5.81. The Morgan fingerprint density at radius 1 is 1.21 bits per heavy atom. The lowest BCUT2D eigenvalue weighted by molar-refractivity contribution is -0.151. The molecule has 0 spiro atoms. The first-order chi connectivity index (χ1) is 13.3. The second-order valence-electron chi connectivity index (χ2n) is 6.14. The van der Waals surface area contributed by atoms with Gasteiger partial charge in [0.15, 0.2) is 6.61 Å². The van der Waals surface area contributed by atoms with Gasteiger partial charge in [0.2, 0.25) is 5.91 Å². The average Bonchev–Trinajstić information content (AvgIpc) is 3.04. The van der Waals surface area contributed by atoms with E-state index in [0.717, 1.165) is 12.1 Å². The number of hydrogen-bond donors (Lipinski definition) is 1. The Morgan fingerprint density at radius 3 is 2.68 bits per heavy atom. The number of esters is 1. The van der Waals surface area contributed by atoms with Gasteiger partial charge in [-0.25, -0.2) is 8.78 Å². The van der Waals surface area contributed by atoms with E-state index in [4.69, 9.17) is 16.3 Å². The van der Waals surface area contributed by atoms with E-state index >= 15 is 0 Å². The lowest BCUT2D eigenvalue weighted by Crippen LogP contribution is -2.28. The molecule has 9 heteroatoms. The molecule has 6 nitrogen and oxygen atoms in total. The van der Waals surface area contributed by atoms with Gasteiger partial charge in [-0.3, -0.25) is 14.4 Å². The zero-order valence-corrected chi connectivity index (χ0v) is 15.2. The van der Waals surface area contributed by atoms with Crippen LogP contribution >= 0.6 is 11.6 Å². The molecule has 2 aromatic rings. The topological polar surface area (TPSA) is 75.7 Å². The van der Waals surface area contributed by atoms with Gasteiger partial charge in [0, 0.05) is 13.0 Å². The Hall–Kier alpha value is -3.00. The standard InChI is InChI=1S/C19H15ClF2N2O4/c20-13-8-12(21)5-6-15(13)23-17(25)10-28-19(27)11-7-18(26)24(9-11)16-4-2-1-3-14(16)22/h1-6,8,11H,7,9-10H2,(H,23,25)/t11-/m1/s1. The maximum Gasteiger partial charge on any atom is 0.311 e. The van der Waals surface area contributed by atoms with Gasteiger partial charge >= 0.3 is 5.97 Å². The van der Waals surface area contributed by atoms with Crippen molar-refractivity contribution in [3.05, 3.63) is 59.1 Å². The molecule has 0 aromatic heterocycles. The van der Waals surface area contributed by atoms with Crippen LogP contribution in [0.2, 0.25) is 5.02 Å². The molecule has 2 aromatic carbocycles. The molecule has 0 aliphatic carbocycles. The van der Waals surface area contributed by atoms with Gasteiger partial charge in [-0.15, -0.1) is 0 Å². The summed E-state index contributed by atoms with van der Waals surface area (Å²) in [7, 11) is 0. The summed E-state index contributed by atoms with van der Waals surface area (Å²) in [6.45, 7) is -0.638. The van der Waals surface area contributed by atoms with Gasteiger partial charge < -0.3 is 15.0 Å². The first-order valence-corrected chi connectivity index (χ1v) is 8.69. The van der Waals surface area contributed by atoms with Crippen LogP contribution in [-0.2, 0) is 19.1 Å². The van der Waals surface area contributed by atoms with E-state index in [1.165, 1.54) is 29.2 Å². The first kappa shape index (κ1) is 19.8. The summed E-state index contributed by atoms with van der Waals surface area (Å²) in [4.78, 5) is 37.4. The Kier molecular flexibility index (Phi) is 5.89. The average molecular weight is 409 g/mol. The van der Waals surface area contributed by atoms with Crippen LogP contribution in [0.25, 0.3) is 0 Å². The van der Waals surface area contributed by atoms with Crippen molar-refractivity contribution in [3.63, 3.8) is 0 Å². The summed E-state index contributed by atoms with van der Waals surface area (Å²) in [6.07, 6.45) is -0.140. The van der Waals surface area contributed by atoms with Crippen molar-refractivity contribution in [2.45, 2.75) is 6.42 Å². The summed E-state index contributed by atoms with van der Waals surface area (Å²) in [6, 6.07) is 9.18. The van der Waals surface area contributed by atoms with Crippen molar-refractivity contribution >= 4 is 40.8 Å². The number of carbonyl (C=O) groups excluding carboxylic acids is 3. The Bertz CT molecular complexity index is 938. The Morgan fingerprint density at radius 2 is 1.96 bits per heavy atom. The number of anilines is 2. The van der Waals surface area contributed by atoms with Crippen LogP contribution in [0.1, 0.15) is 6.42 Å². The van der Waals surface area contributed by atoms with Crippen molar-refractivity contribution < 1.29 is 27.9 Å². The molecule has 1 saturated heterocycles. The number of rotatable bonds is 5. The predicted molar refractivity (Wildman–Crippen MR) is 97.9 cm³/mol. The van der Waals surface area contributed by atoms with E-state index in [2.05, 4.69) is 5.32 Å². The van der Waals surface area contributed by atoms with E-state index < -0.39 is 41.9 Å². The minimum absolute atomic E-state index is 0.00148. The van der Waals surface area contributed by atoms with Crippen LogP contribution in [0.4, 0.5) is 20.2 Å². The van der Waals surface area contributed by atoms with Crippen molar-refractivity contribution in [1.82, 2.24) is 0 Å². The monoisotopic (exact) mass is 408 g/mol. The third-order valence-electron chi connectivity index (χ3n) is 4.15. The number of carbonyl (C=O) groups is 3. The molecule has 0 unspecified atom stereocenters. The van der Waals surface area contributed by atoms with Crippen LogP contribution in [0.15, 0.2) is 42.5 Å². The number of ether oxygens (including phenoxy) is 1. The molecule has 1 N–H and O–H groups in total. The van der Waals surface area contributed by atoms with Gasteiger partial charge in [0.1, 0.15) is 11.6 Å². The number of para-hydroxylation sites is 1. The summed E-state index contributed by atoms with van der Waals surface area (Å²) < 4.78 is 31.8. The van der Waals surface area contributed by atoms with E-state index in [-0.39, 0.29) is 29.4 Å². The molecule has 0 bridgehead atoms. The molecule has 0 radical (unpaired) electrons. The minimum atomic E-state index is -0.811. The van der Waals surface area contributed by atoms with Crippen molar-refractivity contribution in [3.8, 4) is 0 Å². The van der Waals surface area contributed by atoms with Crippen LogP contribution in [0.5, 0.6) is 0 Å². The number of hydrogen-bond acceptors (Lipinski definition) is 4. The number of halogens is 3. The third kappa shape index (κ3) is 4.45. The Labute approximate surface area is 164 Å². The fraction of sp³-hybridized carbons (Fsp3) is 0.211. The maximum atomic E-state index is 13.9. The quantitative estimate of drug-likeness (QED) is 0.771. The molecular formula is C19H15ClF2N2O4. The SMILES string of the molecule is O=C(COC(=O)[C@@H]1CC(=O)N(c2ccccc2F)C1)Nc1ccc(F)cc1Cl. The maximum absolute atomic E-state index is 13.9. The molecule has 1 aliphatic rings. The zero-order valence-electron chi connectivity index (χ0n) is 14.5. The lowest BCUT2D eigenvalue weighted by Gasteiger charge is -2.17. The molecular weight excluding hydrogens is 394 g/mol. The van der Waals surface area contributed by atoms with Crippen molar-refractivity contribution in [2.75, 3.05) is 23.4 Å². The van der Waals surface area contributed by atoms with Crippen LogP contribution in [0, 0.1) is 17.6 Å². The largest absolute Gasteiger partial charge is 0.455 e. The third-order valence-corrected chi connectivity index (χ3v) is 4.47. The van der Waals surface area contributed by atoms with Crippen molar-refractivity contribution in [2.24, 2.45) is 5.92 Å². The molecule has 1 fully saturated rings. The lowest BCUT2D eigenvalue weighted by atomic mass is 10.1. The molecule has 2 amide bonds. The smallest absolute Gasteiger partial charge is 0.311 e. The molecule has 1 aliphatic heterocycles. The predicted octanol–water partition coefficient (Wildman–Crippen LogP) is 3.15. The fourth-order valence-corrected chi connectivity index (χ4v) is 3.02. The van der Waals surface area contributed by atoms with Crippen LogP contribution in [0.3, 0.4) is 0 Å². The highest BCUT2D eigenvalue weighted by molar-refractivity contribution is 6.33. The number of benzene rings is 2. The van der Waals surface area contributed by atoms with E-state index in [1.807, 2.05) is 0 Å². The van der Waals surface area contributed by atoms with Crippen LogP contribution < -0.4 is 10.2 Å². The van der Waals surface area contributed by atoms with Crippen LogP contribution in [-0.4, -0.2) is 30.9 Å². The zero-order chi connectivity index (χ0) is 20.3. The molecule has 1 atom stereocenters. The fourth-order valence-electron chi connectivity index (χ4n) is 2.80. The van der Waals surface area contributed by atoms with E-state index in [1.54, 1.807) is 6.07 Å². The second-order valence-corrected chi connectivity index (χ2v) is 6.54. The van der Waals surface area contributed by atoms with Gasteiger partial charge in [0.05, 0.1) is 22.3 Å². The normalized spacial score (nSPS) is 16.2. The minimum Gasteiger partial charge on any atom is -0.455 e. The number of amides is 2. The van der Waals surface area contributed by atoms with E-state index in [0.29, 0.717) is 0 Å². The van der Waals surface area contributed by atoms with Gasteiger partial charge in [0.25, 0.3) is 5.91 Å². The molecule has 146 valence electrons. The summed E-state index contributed by atoms with van der Waals surface area (Å²) in [5.41, 5.74) is 0.261. The van der Waals surface area contributed by atoms with Crippen molar-refractivity contribution in [1.29, 1.82) is 0 Å². The van der Waals surface area contributed by atoms with E-state index in [9.17, 15) is 23.2 Å². The molecule has 28 heavy (non-hydrogen) atoms. The Balaban J connectivity index is 1.54. The molecule has 0 saturated carbocycles. The number of nitrogens with one attached hydrogen (secondary N) is 1. The molecule has 1 heterocycles. The highest BCUT2D eigenvalue weighted by Crippen LogP contribution is 2.28. The van der Waals surface area contributed by atoms with Gasteiger partial charge in [-0.2, -0.15) is 0 Å². The van der Waals surface area contributed by atoms with Gasteiger partial charge in [-0.05, 0) is 30.3 Å². The molecule has 3 rings (SSSR count). The second kappa shape index (κ2) is 8.35. The highest BCUT2D eigenvalue weighted by Gasteiger charge is 2.37. The first-order valence-electron chi connectivity index (χ1n) is 8.31. The summed E-state index contributed by atoms with van der Waals surface area (Å²) in [5.74, 6) is -3.76. The van der Waals surface area contributed by atoms with Gasteiger partial charge in [-0.1, -0.05) is 23.7 Å².